The molecule has 3 rings (SSSR count). The minimum absolute atomic E-state index is 0.0455. The van der Waals surface area contributed by atoms with E-state index >= 15 is 0 Å². The summed E-state index contributed by atoms with van der Waals surface area (Å²) in [6.07, 6.45) is 5.95. The fraction of sp³-hybridized carbons (Fsp3) is 0.889. The van der Waals surface area contributed by atoms with Crippen molar-refractivity contribution in [2.24, 2.45) is 22.7 Å². The monoisotopic (exact) mass is 480 g/mol. The quantitative estimate of drug-likeness (QED) is 0.312. The van der Waals surface area contributed by atoms with Gasteiger partial charge in [0.1, 0.15) is 11.7 Å². The first-order valence-electron chi connectivity index (χ1n) is 13.3. The molecule has 0 spiro atoms. The van der Waals surface area contributed by atoms with E-state index in [0.717, 1.165) is 55.8 Å². The van der Waals surface area contributed by atoms with Crippen LogP contribution < -0.4 is 0 Å². The van der Waals surface area contributed by atoms with Gasteiger partial charge in [0.15, 0.2) is 14.1 Å². The highest BCUT2D eigenvalue weighted by molar-refractivity contribution is 6.73. The van der Waals surface area contributed by atoms with E-state index in [1.165, 1.54) is 0 Å². The van der Waals surface area contributed by atoms with Crippen LogP contribution in [0.2, 0.25) is 18.1 Å². The van der Waals surface area contributed by atoms with Crippen LogP contribution in [0.4, 0.5) is 0 Å². The fourth-order valence-corrected chi connectivity index (χ4v) is 10.3. The summed E-state index contributed by atoms with van der Waals surface area (Å²) in [6, 6.07) is 3.10. The van der Waals surface area contributed by atoms with Crippen molar-refractivity contribution >= 4 is 14.1 Å². The van der Waals surface area contributed by atoms with E-state index in [2.05, 4.69) is 47.6 Å². The summed E-state index contributed by atoms with van der Waals surface area (Å²) in [5.41, 5.74) is 0.0480. The number of carbonyl (C=O) groups is 1. The van der Waals surface area contributed by atoms with Crippen LogP contribution in [0.1, 0.15) is 80.6 Å². The molecule has 0 radical (unpaired) electrons. The molecule has 2 aliphatic carbocycles. The van der Waals surface area contributed by atoms with Gasteiger partial charge in [-0.2, -0.15) is 0 Å². The Balaban J connectivity index is 2.02. The van der Waals surface area contributed by atoms with Crippen molar-refractivity contribution in [3.63, 3.8) is 0 Å². The lowest BCUT2D eigenvalue weighted by molar-refractivity contribution is -0.120. The molecule has 6 heteroatoms. The van der Waals surface area contributed by atoms with Gasteiger partial charge in [0, 0.05) is 0 Å². The van der Waals surface area contributed by atoms with Gasteiger partial charge in [0.25, 0.3) is 0 Å². The van der Waals surface area contributed by atoms with Gasteiger partial charge >= 0.3 is 0 Å². The molecule has 1 saturated carbocycles. The molecule has 1 heterocycles. The van der Waals surface area contributed by atoms with Crippen LogP contribution in [0.5, 0.6) is 0 Å². The van der Waals surface area contributed by atoms with Gasteiger partial charge < -0.3 is 19.4 Å². The third kappa shape index (κ3) is 4.55. The largest absolute Gasteiger partial charge is 0.411 e. The number of ketones is 1. The van der Waals surface area contributed by atoms with Gasteiger partial charge in [-0.15, -0.1) is 0 Å². The molecule has 0 aromatic heterocycles. The molecule has 2 N–H and O–H groups in total. The molecule has 2 fully saturated rings. The van der Waals surface area contributed by atoms with Crippen LogP contribution in [0.3, 0.4) is 0 Å². The normalized spacial score (nSPS) is 38.3. The second-order valence-corrected chi connectivity index (χ2v) is 16.4. The van der Waals surface area contributed by atoms with Gasteiger partial charge in [-0.05, 0) is 85.4 Å². The highest BCUT2D eigenvalue weighted by atomic mass is 28.4. The van der Waals surface area contributed by atoms with Crippen molar-refractivity contribution in [3.05, 3.63) is 11.6 Å². The zero-order chi connectivity index (χ0) is 24.7. The number of hydrogen-bond acceptors (Lipinski definition) is 5. The van der Waals surface area contributed by atoms with E-state index in [1.54, 1.807) is 6.92 Å². The second kappa shape index (κ2) is 9.85. The highest BCUT2D eigenvalue weighted by Gasteiger charge is 2.63. The summed E-state index contributed by atoms with van der Waals surface area (Å²) in [5.74, 6) is 1.07. The number of rotatable bonds is 11. The number of aliphatic hydroxyl groups is 2. The smallest absolute Gasteiger partial charge is 0.192 e. The molecule has 0 unspecified atom stereocenters. The first-order chi connectivity index (χ1) is 15.5. The van der Waals surface area contributed by atoms with E-state index in [0.29, 0.717) is 18.4 Å². The lowest BCUT2D eigenvalue weighted by Crippen LogP contribution is -2.57. The third-order valence-electron chi connectivity index (χ3n) is 10.3. The third-order valence-corrected chi connectivity index (χ3v) is 14.9. The number of hydrogen-bond donors (Lipinski definition) is 2. The minimum atomic E-state index is -1.98. The van der Waals surface area contributed by atoms with E-state index in [1.807, 2.05) is 0 Å². The van der Waals surface area contributed by atoms with Crippen molar-refractivity contribution in [2.45, 2.75) is 117 Å². The van der Waals surface area contributed by atoms with Crippen molar-refractivity contribution in [3.8, 4) is 0 Å². The van der Waals surface area contributed by atoms with E-state index in [4.69, 9.17) is 9.16 Å². The molecular formula is C27H48O5Si. The number of aliphatic hydroxyl groups excluding tert-OH is 2. The molecule has 7 atom stereocenters. The summed E-state index contributed by atoms with van der Waals surface area (Å²) in [7, 11) is -1.98. The fourth-order valence-electron chi connectivity index (χ4n) is 7.43. The first-order valence-corrected chi connectivity index (χ1v) is 15.8. The second-order valence-electron chi connectivity index (χ2n) is 11.7. The summed E-state index contributed by atoms with van der Waals surface area (Å²) in [4.78, 5) is 12.6. The van der Waals surface area contributed by atoms with Gasteiger partial charge in [-0.25, -0.2) is 0 Å². The van der Waals surface area contributed by atoms with Crippen LogP contribution in [0.25, 0.3) is 0 Å². The molecule has 1 saturated heterocycles. The standard InChI is InChI=1S/C27H48O5Si/c1-8-33(9-2,10-3)32-24(27(18-31-27)23(30)17-28)16-26(7)19(4)14-15-25(6)21(20(5)29)12-11-13-22(25)26/h12,19,22-24,28,30H,8-11,13-18H2,1-7H3/t19-,22-,23+,24-,25-,26-,27-/m1/s1. The number of epoxide rings is 1. The maximum absolute atomic E-state index is 12.6. The Hall–Kier alpha value is -0.533. The van der Waals surface area contributed by atoms with Crippen molar-refractivity contribution in [2.75, 3.05) is 13.2 Å². The SMILES string of the molecule is CC[Si](CC)(CC)O[C@H](C[C@]1(C)[C@H](C)CC[C@]2(C)C(C(C)=O)=CCC[C@@H]12)[C@]1([C@@H](O)CO)CO1. The van der Waals surface area contributed by atoms with E-state index < -0.39 is 20.0 Å². The molecule has 0 amide bonds. The van der Waals surface area contributed by atoms with Crippen LogP contribution in [-0.4, -0.2) is 55.3 Å². The lowest BCUT2D eigenvalue weighted by atomic mass is 9.46. The predicted octanol–water partition coefficient (Wildman–Crippen LogP) is 5.26. The maximum Gasteiger partial charge on any atom is 0.192 e. The Morgan fingerprint density at radius 3 is 2.33 bits per heavy atom. The molecule has 0 bridgehead atoms. The molecule has 190 valence electrons. The summed E-state index contributed by atoms with van der Waals surface area (Å²) in [5, 5.41) is 20.7. The Morgan fingerprint density at radius 1 is 1.24 bits per heavy atom. The molecule has 1 aliphatic heterocycles. The zero-order valence-electron chi connectivity index (χ0n) is 22.1. The Labute approximate surface area is 202 Å². The number of ether oxygens (including phenoxy) is 1. The maximum atomic E-state index is 12.6. The molecule has 5 nitrogen and oxygen atoms in total. The molecular weight excluding hydrogens is 432 g/mol. The zero-order valence-corrected chi connectivity index (χ0v) is 23.1. The number of Topliss-reactive ketones (excluding diaryl/α,β-unsaturated/α-hetero) is 1. The number of allylic oxidation sites excluding steroid dienone is 2. The van der Waals surface area contributed by atoms with Gasteiger partial charge in [0.2, 0.25) is 0 Å². The van der Waals surface area contributed by atoms with E-state index in [-0.39, 0.29) is 29.3 Å². The number of carbonyl (C=O) groups excluding carboxylic acids is 1. The van der Waals surface area contributed by atoms with Crippen LogP contribution in [-0.2, 0) is 14.0 Å². The van der Waals surface area contributed by atoms with Gasteiger partial charge in [-0.1, -0.05) is 47.6 Å². The minimum Gasteiger partial charge on any atom is -0.411 e. The Morgan fingerprint density at radius 2 is 1.85 bits per heavy atom. The number of fused-ring (bicyclic) bond motifs is 1. The summed E-state index contributed by atoms with van der Waals surface area (Å²) in [6.45, 7) is 15.6. The predicted molar refractivity (Wildman–Crippen MR) is 135 cm³/mol. The van der Waals surface area contributed by atoms with Gasteiger partial charge in [-0.3, -0.25) is 4.79 Å². The van der Waals surface area contributed by atoms with Gasteiger partial charge in [0.05, 0.1) is 19.3 Å². The molecule has 3 aliphatic rings. The van der Waals surface area contributed by atoms with Crippen LogP contribution in [0.15, 0.2) is 11.6 Å². The van der Waals surface area contributed by atoms with Crippen LogP contribution in [0, 0.1) is 22.7 Å². The van der Waals surface area contributed by atoms with Crippen LogP contribution >= 0.6 is 0 Å². The van der Waals surface area contributed by atoms with Crippen molar-refractivity contribution in [1.82, 2.24) is 0 Å². The Bertz CT molecular complexity index is 735. The van der Waals surface area contributed by atoms with Crippen molar-refractivity contribution < 1.29 is 24.2 Å². The molecule has 0 aromatic carbocycles. The summed E-state index contributed by atoms with van der Waals surface area (Å²) >= 11 is 0. The average molecular weight is 481 g/mol. The highest BCUT2D eigenvalue weighted by Crippen LogP contribution is 2.63. The topological polar surface area (TPSA) is 79.3 Å². The average Bonchev–Trinajstić information content (AvgIpc) is 3.61. The first kappa shape index (κ1) is 27.1. The molecule has 33 heavy (non-hydrogen) atoms. The lowest BCUT2D eigenvalue weighted by Gasteiger charge is -2.59. The summed E-state index contributed by atoms with van der Waals surface area (Å²) < 4.78 is 13.1. The van der Waals surface area contributed by atoms with E-state index in [9.17, 15) is 15.0 Å². The molecule has 0 aromatic rings. The Kier molecular flexibility index (Phi) is 8.07. The van der Waals surface area contributed by atoms with Crippen molar-refractivity contribution in [1.29, 1.82) is 0 Å².